The minimum Gasteiger partial charge on any atom is -0.496 e. The lowest BCUT2D eigenvalue weighted by Gasteiger charge is -2.43. The maximum absolute atomic E-state index is 5.77. The molecule has 1 aromatic carbocycles. The molecule has 1 fully saturated rings. The monoisotopic (exact) mass is 341 g/mol. The van der Waals surface area contributed by atoms with E-state index in [1.807, 2.05) is 13.2 Å². The summed E-state index contributed by atoms with van der Waals surface area (Å²) in [6.07, 6.45) is 4.64. The van der Waals surface area contributed by atoms with Crippen LogP contribution >= 0.6 is 15.9 Å². The molecule has 3 nitrogen and oxygen atoms in total. The molecule has 0 bridgehead atoms. The first kappa shape index (κ1) is 15.8. The summed E-state index contributed by atoms with van der Waals surface area (Å²) >= 11 is 3.57. The number of rotatable bonds is 7. The predicted molar refractivity (Wildman–Crippen MR) is 85.3 cm³/mol. The molecule has 1 atom stereocenters. The highest BCUT2D eigenvalue weighted by atomic mass is 79.9. The Morgan fingerprint density at radius 2 is 2.10 bits per heavy atom. The van der Waals surface area contributed by atoms with Gasteiger partial charge in [0, 0.05) is 13.2 Å². The maximum atomic E-state index is 5.77. The van der Waals surface area contributed by atoms with Crippen molar-refractivity contribution in [2.45, 2.75) is 44.2 Å². The van der Waals surface area contributed by atoms with E-state index in [-0.39, 0.29) is 5.60 Å². The van der Waals surface area contributed by atoms with Crippen LogP contribution < -0.4 is 10.1 Å². The minimum absolute atomic E-state index is 0.0687. The van der Waals surface area contributed by atoms with Crippen molar-refractivity contribution in [3.8, 4) is 5.75 Å². The molecule has 0 spiro atoms. The van der Waals surface area contributed by atoms with Crippen molar-refractivity contribution in [3.63, 3.8) is 0 Å². The number of hydrogen-bond acceptors (Lipinski definition) is 3. The molecule has 1 aliphatic rings. The molecule has 0 amide bonds. The van der Waals surface area contributed by atoms with Crippen molar-refractivity contribution >= 4 is 15.9 Å². The number of nitrogens with one attached hydrogen (secondary N) is 1. The Morgan fingerprint density at radius 1 is 1.35 bits per heavy atom. The Hall–Kier alpha value is -0.580. The van der Waals surface area contributed by atoms with E-state index in [0.717, 1.165) is 23.2 Å². The van der Waals surface area contributed by atoms with Crippen LogP contribution in [-0.4, -0.2) is 26.4 Å². The normalized spacial score (nSPS) is 18.4. The van der Waals surface area contributed by atoms with Gasteiger partial charge in [-0.05, 0) is 65.9 Å². The molecule has 0 radical (unpaired) electrons. The van der Waals surface area contributed by atoms with Gasteiger partial charge in [0.05, 0.1) is 17.2 Å². The lowest BCUT2D eigenvalue weighted by atomic mass is 9.74. The molecule has 0 saturated heterocycles. The van der Waals surface area contributed by atoms with Crippen molar-refractivity contribution in [1.82, 2.24) is 5.32 Å². The number of methoxy groups -OCH3 is 2. The Kier molecular flexibility index (Phi) is 5.47. The van der Waals surface area contributed by atoms with Gasteiger partial charge >= 0.3 is 0 Å². The van der Waals surface area contributed by atoms with Crippen LogP contribution in [0.3, 0.4) is 0 Å². The summed E-state index contributed by atoms with van der Waals surface area (Å²) in [5.74, 6) is 0.870. The fraction of sp³-hybridized carbons (Fsp3) is 0.625. The second-order valence-corrected chi connectivity index (χ2v) is 6.30. The second-order valence-electron chi connectivity index (χ2n) is 5.45. The Balaban J connectivity index is 2.17. The molecule has 0 aliphatic heterocycles. The third-order valence-electron chi connectivity index (χ3n) is 4.30. The quantitative estimate of drug-likeness (QED) is 0.810. The molecule has 4 heteroatoms. The zero-order valence-electron chi connectivity index (χ0n) is 12.5. The van der Waals surface area contributed by atoms with E-state index in [1.165, 1.54) is 24.8 Å². The van der Waals surface area contributed by atoms with Gasteiger partial charge in [-0.2, -0.15) is 0 Å². The van der Waals surface area contributed by atoms with E-state index >= 15 is 0 Å². The molecule has 0 heterocycles. The van der Waals surface area contributed by atoms with Crippen LogP contribution in [0.1, 0.15) is 44.2 Å². The molecule has 1 saturated carbocycles. The molecular formula is C16H24BrNO2. The lowest BCUT2D eigenvalue weighted by Crippen LogP contribution is -2.42. The highest BCUT2D eigenvalue weighted by Crippen LogP contribution is 2.42. The summed E-state index contributed by atoms with van der Waals surface area (Å²) in [4.78, 5) is 0. The maximum Gasteiger partial charge on any atom is 0.133 e. The third kappa shape index (κ3) is 3.35. The van der Waals surface area contributed by atoms with E-state index < -0.39 is 0 Å². The van der Waals surface area contributed by atoms with Gasteiger partial charge in [0.15, 0.2) is 0 Å². The van der Waals surface area contributed by atoms with Gasteiger partial charge in [0.25, 0.3) is 0 Å². The standard InChI is InChI=1S/C16H24BrNO2/c1-4-18-14(11-16(20-3)8-5-9-16)12-6-7-15(19-2)13(17)10-12/h6-7,10,14,18H,4-5,8-9,11H2,1-3H3. The Morgan fingerprint density at radius 3 is 2.55 bits per heavy atom. The van der Waals surface area contributed by atoms with Crippen molar-refractivity contribution in [3.05, 3.63) is 28.2 Å². The van der Waals surface area contributed by atoms with Crippen LogP contribution in [0.2, 0.25) is 0 Å². The summed E-state index contributed by atoms with van der Waals surface area (Å²) in [7, 11) is 3.53. The van der Waals surface area contributed by atoms with Crippen molar-refractivity contribution in [1.29, 1.82) is 0 Å². The fourth-order valence-corrected chi connectivity index (χ4v) is 3.45. The molecule has 112 valence electrons. The topological polar surface area (TPSA) is 30.5 Å². The summed E-state index contributed by atoms with van der Waals surface area (Å²) in [5.41, 5.74) is 1.35. The zero-order valence-corrected chi connectivity index (χ0v) is 14.1. The van der Waals surface area contributed by atoms with Crippen LogP contribution in [0.5, 0.6) is 5.75 Å². The smallest absolute Gasteiger partial charge is 0.133 e. The molecule has 0 aromatic heterocycles. The summed E-state index contributed by atoms with van der Waals surface area (Å²) < 4.78 is 12.1. The van der Waals surface area contributed by atoms with Gasteiger partial charge in [-0.3, -0.25) is 0 Å². The van der Waals surface area contributed by atoms with Gasteiger partial charge in [-0.25, -0.2) is 0 Å². The minimum atomic E-state index is 0.0687. The van der Waals surface area contributed by atoms with Gasteiger partial charge < -0.3 is 14.8 Å². The van der Waals surface area contributed by atoms with Gasteiger partial charge in [0.2, 0.25) is 0 Å². The zero-order chi connectivity index (χ0) is 14.6. The van der Waals surface area contributed by atoms with Gasteiger partial charge in [-0.1, -0.05) is 13.0 Å². The van der Waals surface area contributed by atoms with E-state index in [0.29, 0.717) is 6.04 Å². The first-order valence-electron chi connectivity index (χ1n) is 7.26. The molecule has 1 aliphatic carbocycles. The molecule has 1 aromatic rings. The number of hydrogen-bond donors (Lipinski definition) is 1. The van der Waals surface area contributed by atoms with E-state index in [4.69, 9.17) is 9.47 Å². The first-order valence-corrected chi connectivity index (χ1v) is 8.05. The van der Waals surface area contributed by atoms with Crippen LogP contribution in [0.15, 0.2) is 22.7 Å². The summed E-state index contributed by atoms with van der Waals surface area (Å²) in [5, 5.41) is 3.58. The third-order valence-corrected chi connectivity index (χ3v) is 4.92. The van der Waals surface area contributed by atoms with E-state index in [2.05, 4.69) is 40.3 Å². The molecular weight excluding hydrogens is 318 g/mol. The van der Waals surface area contributed by atoms with E-state index in [9.17, 15) is 0 Å². The van der Waals surface area contributed by atoms with E-state index in [1.54, 1.807) is 7.11 Å². The van der Waals surface area contributed by atoms with Gasteiger partial charge in [0.1, 0.15) is 5.75 Å². The lowest BCUT2D eigenvalue weighted by molar-refractivity contribution is -0.0837. The van der Waals surface area contributed by atoms with Crippen molar-refractivity contribution < 1.29 is 9.47 Å². The number of halogens is 1. The molecule has 2 rings (SSSR count). The van der Waals surface area contributed by atoms with Crippen LogP contribution in [0, 0.1) is 0 Å². The average molecular weight is 342 g/mol. The summed E-state index contributed by atoms with van der Waals surface area (Å²) in [6.45, 7) is 3.10. The SMILES string of the molecule is CCNC(CC1(OC)CCC1)c1ccc(OC)c(Br)c1. The summed E-state index contributed by atoms with van der Waals surface area (Å²) in [6, 6.07) is 6.62. The number of benzene rings is 1. The average Bonchev–Trinajstić information content (AvgIpc) is 2.41. The Labute approximate surface area is 130 Å². The van der Waals surface area contributed by atoms with Crippen molar-refractivity contribution in [2.24, 2.45) is 0 Å². The van der Waals surface area contributed by atoms with Gasteiger partial charge in [-0.15, -0.1) is 0 Å². The number of ether oxygens (including phenoxy) is 2. The van der Waals surface area contributed by atoms with Crippen LogP contribution in [0.4, 0.5) is 0 Å². The first-order chi connectivity index (χ1) is 9.64. The van der Waals surface area contributed by atoms with Crippen LogP contribution in [0.25, 0.3) is 0 Å². The second kappa shape index (κ2) is 6.92. The highest BCUT2D eigenvalue weighted by Gasteiger charge is 2.39. The Bertz CT molecular complexity index is 441. The van der Waals surface area contributed by atoms with Crippen molar-refractivity contribution in [2.75, 3.05) is 20.8 Å². The highest BCUT2D eigenvalue weighted by molar-refractivity contribution is 9.10. The predicted octanol–water partition coefficient (Wildman–Crippen LogP) is 4.07. The fourth-order valence-electron chi connectivity index (χ4n) is 2.89. The largest absolute Gasteiger partial charge is 0.496 e. The van der Waals surface area contributed by atoms with Crippen LogP contribution in [-0.2, 0) is 4.74 Å². The molecule has 20 heavy (non-hydrogen) atoms. The molecule has 1 unspecified atom stereocenters. The molecule has 1 N–H and O–H groups in total.